The molecular weight excluding hydrogens is 226 g/mol. The second-order valence-corrected chi connectivity index (χ2v) is 4.82. The highest BCUT2D eigenvalue weighted by Crippen LogP contribution is 2.21. The third-order valence-corrected chi connectivity index (χ3v) is 3.57. The summed E-state index contributed by atoms with van der Waals surface area (Å²) in [6.45, 7) is 4.20. The maximum absolute atomic E-state index is 4.30. The van der Waals surface area contributed by atoms with E-state index in [1.54, 1.807) is 0 Å². The molecule has 3 heterocycles. The van der Waals surface area contributed by atoms with Gasteiger partial charge in [0.2, 0.25) is 0 Å². The van der Waals surface area contributed by atoms with E-state index in [2.05, 4.69) is 20.0 Å². The summed E-state index contributed by atoms with van der Waals surface area (Å²) in [7, 11) is 0. The molecule has 5 nitrogen and oxygen atoms in total. The van der Waals surface area contributed by atoms with Crippen molar-refractivity contribution >= 4 is 0 Å². The molecule has 1 N–H and O–H groups in total. The van der Waals surface area contributed by atoms with Crippen molar-refractivity contribution in [1.82, 2.24) is 24.6 Å². The van der Waals surface area contributed by atoms with Crippen molar-refractivity contribution in [1.29, 1.82) is 0 Å². The van der Waals surface area contributed by atoms with Gasteiger partial charge in [-0.3, -0.25) is 4.68 Å². The van der Waals surface area contributed by atoms with Crippen LogP contribution < -0.4 is 5.32 Å². The van der Waals surface area contributed by atoms with Crippen LogP contribution in [0.2, 0.25) is 0 Å². The highest BCUT2D eigenvalue weighted by molar-refractivity contribution is 5.09. The summed E-state index contributed by atoms with van der Waals surface area (Å²) in [6, 6.07) is 1.97. The third-order valence-electron chi connectivity index (χ3n) is 3.57. The number of hydrogen-bond donors (Lipinski definition) is 1. The maximum atomic E-state index is 4.30. The molecule has 1 fully saturated rings. The van der Waals surface area contributed by atoms with E-state index in [1.807, 2.05) is 35.7 Å². The van der Waals surface area contributed by atoms with Gasteiger partial charge in [0.15, 0.2) is 0 Å². The van der Waals surface area contributed by atoms with Gasteiger partial charge in [0.1, 0.15) is 0 Å². The van der Waals surface area contributed by atoms with E-state index >= 15 is 0 Å². The molecule has 2 aromatic rings. The summed E-state index contributed by atoms with van der Waals surface area (Å²) < 4.78 is 4.27. The Hall–Kier alpha value is -1.62. The van der Waals surface area contributed by atoms with Crippen molar-refractivity contribution in [2.45, 2.75) is 31.8 Å². The minimum atomic E-state index is 0.636. The summed E-state index contributed by atoms with van der Waals surface area (Å²) >= 11 is 0. The van der Waals surface area contributed by atoms with Gasteiger partial charge >= 0.3 is 0 Å². The smallest absolute Gasteiger partial charge is 0.0948 e. The first-order valence-electron chi connectivity index (χ1n) is 6.61. The molecule has 1 unspecified atom stereocenters. The Balaban J connectivity index is 1.57. The number of imidazole rings is 1. The zero-order valence-electron chi connectivity index (χ0n) is 10.5. The zero-order valence-corrected chi connectivity index (χ0v) is 10.5. The van der Waals surface area contributed by atoms with Crippen LogP contribution in [0, 0.1) is 0 Å². The van der Waals surface area contributed by atoms with Gasteiger partial charge in [-0.15, -0.1) is 0 Å². The first-order valence-corrected chi connectivity index (χ1v) is 6.61. The van der Waals surface area contributed by atoms with E-state index in [1.165, 1.54) is 12.1 Å². The largest absolute Gasteiger partial charge is 0.334 e. The molecule has 1 aliphatic heterocycles. The standard InChI is InChI=1S/C13H19N5/c1-4-16-18(7-1)8-2-6-17-11-15-10-13(17)12-3-5-14-9-12/h1,4,7,10-12,14H,2-3,5-6,8-9H2. The zero-order chi connectivity index (χ0) is 12.2. The molecule has 0 amide bonds. The van der Waals surface area contributed by atoms with Crippen LogP contribution in [0.15, 0.2) is 31.0 Å². The molecule has 0 saturated carbocycles. The molecule has 0 bridgehead atoms. The quantitative estimate of drug-likeness (QED) is 0.862. The Kier molecular flexibility index (Phi) is 3.41. The lowest BCUT2D eigenvalue weighted by molar-refractivity contribution is 0.510. The van der Waals surface area contributed by atoms with Crippen LogP contribution in [0.3, 0.4) is 0 Å². The van der Waals surface area contributed by atoms with Gasteiger partial charge in [0, 0.05) is 49.8 Å². The van der Waals surface area contributed by atoms with Crippen molar-refractivity contribution in [2.24, 2.45) is 0 Å². The minimum Gasteiger partial charge on any atom is -0.334 e. The minimum absolute atomic E-state index is 0.636. The lowest BCUT2D eigenvalue weighted by atomic mass is 10.1. The van der Waals surface area contributed by atoms with Crippen molar-refractivity contribution in [3.05, 3.63) is 36.7 Å². The molecule has 0 spiro atoms. The van der Waals surface area contributed by atoms with Gasteiger partial charge in [0.25, 0.3) is 0 Å². The normalized spacial score (nSPS) is 19.4. The molecule has 1 aliphatic rings. The molecular formula is C13H19N5. The van der Waals surface area contributed by atoms with E-state index in [0.717, 1.165) is 32.6 Å². The lowest BCUT2D eigenvalue weighted by Crippen LogP contribution is -2.12. The second kappa shape index (κ2) is 5.35. The fraction of sp³-hybridized carbons (Fsp3) is 0.538. The van der Waals surface area contributed by atoms with Crippen LogP contribution in [0.1, 0.15) is 24.5 Å². The maximum Gasteiger partial charge on any atom is 0.0948 e. The molecule has 2 aromatic heterocycles. The van der Waals surface area contributed by atoms with Gasteiger partial charge < -0.3 is 9.88 Å². The van der Waals surface area contributed by atoms with Gasteiger partial charge in [0.05, 0.1) is 6.33 Å². The molecule has 18 heavy (non-hydrogen) atoms. The summed E-state index contributed by atoms with van der Waals surface area (Å²) in [4.78, 5) is 4.30. The number of hydrogen-bond acceptors (Lipinski definition) is 3. The summed E-state index contributed by atoms with van der Waals surface area (Å²) in [5.41, 5.74) is 1.38. The Morgan fingerprint density at radius 1 is 1.39 bits per heavy atom. The van der Waals surface area contributed by atoms with Gasteiger partial charge in [-0.25, -0.2) is 4.98 Å². The Labute approximate surface area is 107 Å². The van der Waals surface area contributed by atoms with Crippen LogP contribution in [-0.4, -0.2) is 32.4 Å². The fourth-order valence-corrected chi connectivity index (χ4v) is 2.60. The number of aromatic nitrogens is 4. The first-order chi connectivity index (χ1) is 8.93. The SMILES string of the molecule is c1cnn(CCCn2cncc2C2CCNC2)c1. The van der Waals surface area contributed by atoms with E-state index in [0.29, 0.717) is 5.92 Å². The molecule has 3 rings (SSSR count). The highest BCUT2D eigenvalue weighted by Gasteiger charge is 2.19. The summed E-state index contributed by atoms with van der Waals surface area (Å²) in [5.74, 6) is 0.636. The van der Waals surface area contributed by atoms with Crippen LogP contribution in [0.5, 0.6) is 0 Å². The fourth-order valence-electron chi connectivity index (χ4n) is 2.60. The Bertz CT molecular complexity index is 467. The molecule has 96 valence electrons. The van der Waals surface area contributed by atoms with Crippen LogP contribution in [0.4, 0.5) is 0 Å². The lowest BCUT2D eigenvalue weighted by Gasteiger charge is -2.12. The van der Waals surface area contributed by atoms with Crippen LogP contribution in [-0.2, 0) is 13.1 Å². The van der Waals surface area contributed by atoms with Crippen molar-refractivity contribution in [3.8, 4) is 0 Å². The second-order valence-electron chi connectivity index (χ2n) is 4.82. The molecule has 1 atom stereocenters. The first kappa shape index (κ1) is 11.5. The number of nitrogens with zero attached hydrogens (tertiary/aromatic N) is 4. The van der Waals surface area contributed by atoms with Gasteiger partial charge in [-0.1, -0.05) is 0 Å². The van der Waals surface area contributed by atoms with E-state index < -0.39 is 0 Å². The molecule has 1 saturated heterocycles. The van der Waals surface area contributed by atoms with E-state index in [-0.39, 0.29) is 0 Å². The predicted molar refractivity (Wildman–Crippen MR) is 69.3 cm³/mol. The average Bonchev–Trinajstić information content (AvgIpc) is 3.12. The van der Waals surface area contributed by atoms with Gasteiger partial charge in [-0.2, -0.15) is 5.10 Å². The number of rotatable bonds is 5. The van der Waals surface area contributed by atoms with E-state index in [4.69, 9.17) is 0 Å². The number of nitrogens with one attached hydrogen (secondary N) is 1. The monoisotopic (exact) mass is 245 g/mol. The summed E-state index contributed by atoms with van der Waals surface area (Å²) in [6.07, 6.45) is 10.1. The third kappa shape index (κ3) is 2.46. The molecule has 5 heteroatoms. The van der Waals surface area contributed by atoms with Crippen molar-refractivity contribution < 1.29 is 0 Å². The topological polar surface area (TPSA) is 47.7 Å². The van der Waals surface area contributed by atoms with E-state index in [9.17, 15) is 0 Å². The Morgan fingerprint density at radius 2 is 2.39 bits per heavy atom. The molecule has 0 aromatic carbocycles. The average molecular weight is 245 g/mol. The van der Waals surface area contributed by atoms with Crippen molar-refractivity contribution in [2.75, 3.05) is 13.1 Å². The number of aryl methyl sites for hydroxylation is 2. The molecule has 0 aliphatic carbocycles. The Morgan fingerprint density at radius 3 is 3.17 bits per heavy atom. The predicted octanol–water partition coefficient (Wildman–Crippen LogP) is 1.25. The summed E-state index contributed by atoms with van der Waals surface area (Å²) in [5, 5.41) is 7.63. The highest BCUT2D eigenvalue weighted by atomic mass is 15.3. The van der Waals surface area contributed by atoms with Crippen LogP contribution in [0.25, 0.3) is 0 Å². The molecule has 0 radical (unpaired) electrons. The van der Waals surface area contributed by atoms with Crippen molar-refractivity contribution in [3.63, 3.8) is 0 Å². The van der Waals surface area contributed by atoms with Crippen LogP contribution >= 0.6 is 0 Å². The van der Waals surface area contributed by atoms with Gasteiger partial charge in [-0.05, 0) is 25.5 Å².